The first-order valence-electron chi connectivity index (χ1n) is 6.61. The summed E-state index contributed by atoms with van der Waals surface area (Å²) in [4.78, 5) is 13.3. The van der Waals surface area contributed by atoms with Gasteiger partial charge in [-0.1, -0.05) is 0 Å². The summed E-state index contributed by atoms with van der Waals surface area (Å²) < 4.78 is 12.8. The monoisotopic (exact) mass is 317 g/mol. The number of carbonyl (C=O) groups excluding carboxylic acids is 1. The summed E-state index contributed by atoms with van der Waals surface area (Å²) in [6.45, 7) is 0. The lowest BCUT2D eigenvalue weighted by atomic mass is 10.2. The van der Waals surface area contributed by atoms with Gasteiger partial charge in [-0.05, 0) is 60.7 Å². The van der Waals surface area contributed by atoms with Gasteiger partial charge in [0.25, 0.3) is 5.91 Å². The number of benzene rings is 2. The van der Waals surface area contributed by atoms with Crippen LogP contribution in [0, 0.1) is 5.82 Å². The lowest BCUT2D eigenvalue weighted by molar-refractivity contribution is 0.0827. The van der Waals surface area contributed by atoms with Crippen LogP contribution in [0.15, 0.2) is 48.5 Å². The number of hydrogen-bond donors (Lipinski definition) is 2. The molecule has 0 bridgehead atoms. The lowest BCUT2D eigenvalue weighted by Crippen LogP contribution is -2.22. The van der Waals surface area contributed by atoms with Crippen molar-refractivity contribution < 1.29 is 9.18 Å². The summed E-state index contributed by atoms with van der Waals surface area (Å²) in [7, 11) is 3.41. The van der Waals surface area contributed by atoms with Crippen LogP contribution < -0.4 is 10.6 Å². The SMILES string of the molecule is CN(C)C(=O)c1ccc(NC(=S)Nc2ccc(F)cc2)cc1. The molecule has 1 amide bonds. The molecule has 0 aliphatic heterocycles. The van der Waals surface area contributed by atoms with Crippen molar-refractivity contribution in [1.82, 2.24) is 4.90 Å². The molecule has 2 aromatic rings. The number of halogens is 1. The van der Waals surface area contributed by atoms with Crippen molar-refractivity contribution in [3.05, 3.63) is 59.9 Å². The third-order valence-corrected chi connectivity index (χ3v) is 3.10. The van der Waals surface area contributed by atoms with E-state index in [1.807, 2.05) is 0 Å². The fourth-order valence-corrected chi connectivity index (χ4v) is 2.02. The van der Waals surface area contributed by atoms with Gasteiger partial charge in [-0.15, -0.1) is 0 Å². The smallest absolute Gasteiger partial charge is 0.253 e. The average Bonchev–Trinajstić information content (AvgIpc) is 2.49. The minimum absolute atomic E-state index is 0.0569. The fraction of sp³-hybridized carbons (Fsp3) is 0.125. The van der Waals surface area contributed by atoms with Crippen molar-refractivity contribution in [3.8, 4) is 0 Å². The summed E-state index contributed by atoms with van der Waals surface area (Å²) >= 11 is 5.19. The number of thiocarbonyl (C=S) groups is 1. The molecule has 0 heterocycles. The highest BCUT2D eigenvalue weighted by atomic mass is 32.1. The molecule has 4 nitrogen and oxygen atoms in total. The van der Waals surface area contributed by atoms with Crippen LogP contribution in [0.2, 0.25) is 0 Å². The Hall–Kier alpha value is -2.47. The van der Waals surface area contributed by atoms with Crippen molar-refractivity contribution in [3.63, 3.8) is 0 Å². The van der Waals surface area contributed by atoms with Gasteiger partial charge in [-0.3, -0.25) is 4.79 Å². The Bertz CT molecular complexity index is 669. The maximum atomic E-state index is 12.8. The standard InChI is InChI=1S/C16H16FN3OS/c1-20(2)15(21)11-3-7-13(8-4-11)18-16(22)19-14-9-5-12(17)6-10-14/h3-10H,1-2H3,(H2,18,19,22). The van der Waals surface area contributed by atoms with Crippen LogP contribution in [0.25, 0.3) is 0 Å². The number of anilines is 2. The van der Waals surface area contributed by atoms with Crippen molar-refractivity contribution in [2.24, 2.45) is 0 Å². The van der Waals surface area contributed by atoms with Crippen LogP contribution in [0.1, 0.15) is 10.4 Å². The van der Waals surface area contributed by atoms with E-state index in [1.54, 1.807) is 50.5 Å². The Morgan fingerprint density at radius 2 is 1.41 bits per heavy atom. The summed E-state index contributed by atoms with van der Waals surface area (Å²) in [5, 5.41) is 6.34. The zero-order valence-corrected chi connectivity index (χ0v) is 13.1. The Labute approximate surface area is 133 Å². The van der Waals surface area contributed by atoms with Gasteiger partial charge in [0, 0.05) is 31.0 Å². The first kappa shape index (κ1) is 15.9. The Kier molecular flexibility index (Phi) is 5.06. The van der Waals surface area contributed by atoms with Gasteiger partial charge < -0.3 is 15.5 Å². The molecule has 0 aromatic heterocycles. The Morgan fingerprint density at radius 3 is 1.86 bits per heavy atom. The Morgan fingerprint density at radius 1 is 0.955 bits per heavy atom. The van der Waals surface area contributed by atoms with Gasteiger partial charge in [0.1, 0.15) is 5.82 Å². The Balaban J connectivity index is 1.97. The highest BCUT2D eigenvalue weighted by molar-refractivity contribution is 7.80. The molecule has 0 radical (unpaired) electrons. The van der Waals surface area contributed by atoms with Crippen LogP contribution in [-0.2, 0) is 0 Å². The van der Waals surface area contributed by atoms with E-state index in [4.69, 9.17) is 12.2 Å². The van der Waals surface area contributed by atoms with Crippen LogP contribution in [0.4, 0.5) is 15.8 Å². The second-order valence-electron chi connectivity index (χ2n) is 4.86. The molecule has 0 saturated heterocycles. The zero-order valence-electron chi connectivity index (χ0n) is 12.3. The average molecular weight is 317 g/mol. The number of nitrogens with zero attached hydrogens (tertiary/aromatic N) is 1. The van der Waals surface area contributed by atoms with E-state index in [1.165, 1.54) is 17.0 Å². The summed E-state index contributed by atoms with van der Waals surface area (Å²) in [6.07, 6.45) is 0. The molecule has 0 fully saturated rings. The number of rotatable bonds is 3. The molecule has 0 atom stereocenters. The number of nitrogens with one attached hydrogen (secondary N) is 2. The van der Waals surface area contributed by atoms with Crippen LogP contribution in [0.5, 0.6) is 0 Å². The predicted molar refractivity (Wildman–Crippen MR) is 90.7 cm³/mol. The molecule has 114 valence electrons. The molecular weight excluding hydrogens is 301 g/mol. The molecule has 2 aromatic carbocycles. The second-order valence-corrected chi connectivity index (χ2v) is 5.27. The molecule has 0 saturated carbocycles. The van der Waals surface area contributed by atoms with E-state index in [0.29, 0.717) is 16.4 Å². The summed E-state index contributed by atoms with van der Waals surface area (Å²) in [5.74, 6) is -0.357. The molecule has 6 heteroatoms. The predicted octanol–water partition coefficient (Wildman–Crippen LogP) is 3.34. The van der Waals surface area contributed by atoms with Crippen molar-refractivity contribution in [1.29, 1.82) is 0 Å². The van der Waals surface area contributed by atoms with Gasteiger partial charge in [-0.2, -0.15) is 0 Å². The molecule has 0 aliphatic rings. The third kappa shape index (κ3) is 4.26. The van der Waals surface area contributed by atoms with E-state index in [9.17, 15) is 9.18 Å². The highest BCUT2D eigenvalue weighted by Crippen LogP contribution is 2.13. The largest absolute Gasteiger partial charge is 0.345 e. The maximum Gasteiger partial charge on any atom is 0.253 e. The van der Waals surface area contributed by atoms with E-state index in [0.717, 1.165) is 5.69 Å². The quantitative estimate of drug-likeness (QED) is 0.852. The molecule has 22 heavy (non-hydrogen) atoms. The van der Waals surface area contributed by atoms with Crippen molar-refractivity contribution >= 4 is 34.6 Å². The van der Waals surface area contributed by atoms with Crippen LogP contribution in [0.3, 0.4) is 0 Å². The first-order chi connectivity index (χ1) is 10.5. The normalized spacial score (nSPS) is 9.95. The molecule has 2 rings (SSSR count). The van der Waals surface area contributed by atoms with Crippen molar-refractivity contribution in [2.45, 2.75) is 0 Å². The maximum absolute atomic E-state index is 12.8. The van der Waals surface area contributed by atoms with Crippen LogP contribution in [-0.4, -0.2) is 30.0 Å². The van der Waals surface area contributed by atoms with Gasteiger partial charge in [-0.25, -0.2) is 4.39 Å². The molecule has 2 N–H and O–H groups in total. The minimum Gasteiger partial charge on any atom is -0.345 e. The zero-order chi connectivity index (χ0) is 16.1. The van der Waals surface area contributed by atoms with E-state index >= 15 is 0 Å². The summed E-state index contributed by atoms with van der Waals surface area (Å²) in [6, 6.07) is 12.9. The van der Waals surface area contributed by atoms with E-state index in [2.05, 4.69) is 10.6 Å². The molecule has 0 spiro atoms. The van der Waals surface area contributed by atoms with Gasteiger partial charge >= 0.3 is 0 Å². The molecular formula is C16H16FN3OS. The minimum atomic E-state index is -0.300. The number of carbonyl (C=O) groups is 1. The number of amides is 1. The second kappa shape index (κ2) is 7.00. The van der Waals surface area contributed by atoms with Crippen LogP contribution >= 0.6 is 12.2 Å². The summed E-state index contributed by atoms with van der Waals surface area (Å²) in [5.41, 5.74) is 2.06. The van der Waals surface area contributed by atoms with Gasteiger partial charge in [0.2, 0.25) is 0 Å². The van der Waals surface area contributed by atoms with E-state index in [-0.39, 0.29) is 11.7 Å². The highest BCUT2D eigenvalue weighted by Gasteiger charge is 2.07. The van der Waals surface area contributed by atoms with Gasteiger partial charge in [0.05, 0.1) is 0 Å². The van der Waals surface area contributed by atoms with E-state index < -0.39 is 0 Å². The van der Waals surface area contributed by atoms with Gasteiger partial charge in [0.15, 0.2) is 5.11 Å². The molecule has 0 aliphatic carbocycles. The number of hydrogen-bond acceptors (Lipinski definition) is 2. The first-order valence-corrected chi connectivity index (χ1v) is 7.02. The van der Waals surface area contributed by atoms with Crippen molar-refractivity contribution in [2.75, 3.05) is 24.7 Å². The third-order valence-electron chi connectivity index (χ3n) is 2.90. The topological polar surface area (TPSA) is 44.4 Å². The lowest BCUT2D eigenvalue weighted by Gasteiger charge is -2.12. The molecule has 0 unspecified atom stereocenters. The fourth-order valence-electron chi connectivity index (χ4n) is 1.78.